The first-order valence-corrected chi connectivity index (χ1v) is 12.8. The summed E-state index contributed by atoms with van der Waals surface area (Å²) in [5, 5.41) is 10.3. The number of thiazole rings is 1. The number of rotatable bonds is 6. The van der Waals surface area contributed by atoms with Gasteiger partial charge in [0.05, 0.1) is 11.4 Å². The van der Waals surface area contributed by atoms with Gasteiger partial charge in [-0.3, -0.25) is 14.7 Å². The number of nitrogens with one attached hydrogen (secondary N) is 1. The summed E-state index contributed by atoms with van der Waals surface area (Å²) in [4.78, 5) is 26.0. The standard InChI is InChI=1S/C27H26N6OS/c34-25(23-12-15-33(31-23)20-8-2-1-3-9-20)29-22-11-5-4-10-21(22)26-30-24-16-19(17-28-27(24)35-26)18-32-13-6-7-14-32/h1-5,8-11,16-17H,6-7,12-15,18H2,(H,29,34). The maximum Gasteiger partial charge on any atom is 0.271 e. The monoisotopic (exact) mass is 482 g/mol. The van der Waals surface area contributed by atoms with E-state index in [0.717, 1.165) is 51.9 Å². The Kier molecular flexibility index (Phi) is 5.98. The van der Waals surface area contributed by atoms with Gasteiger partial charge in [0.2, 0.25) is 0 Å². The van der Waals surface area contributed by atoms with Gasteiger partial charge in [-0.25, -0.2) is 9.97 Å². The van der Waals surface area contributed by atoms with Crippen LogP contribution in [0.5, 0.6) is 0 Å². The van der Waals surface area contributed by atoms with Crippen LogP contribution in [0, 0.1) is 0 Å². The van der Waals surface area contributed by atoms with Crippen LogP contribution in [0.15, 0.2) is 72.0 Å². The van der Waals surface area contributed by atoms with Crippen molar-refractivity contribution in [3.05, 3.63) is 72.4 Å². The quantitative estimate of drug-likeness (QED) is 0.411. The molecule has 0 radical (unpaired) electrons. The number of anilines is 2. The zero-order chi connectivity index (χ0) is 23.6. The van der Waals surface area contributed by atoms with Crippen LogP contribution in [0.2, 0.25) is 0 Å². The molecule has 8 heteroatoms. The van der Waals surface area contributed by atoms with Gasteiger partial charge < -0.3 is 5.32 Å². The normalized spacial score (nSPS) is 16.1. The molecule has 0 bridgehead atoms. The van der Waals surface area contributed by atoms with Gasteiger partial charge in [-0.1, -0.05) is 41.7 Å². The Labute approximate surface area is 208 Å². The molecular formula is C27H26N6OS. The molecule has 0 unspecified atom stereocenters. The van der Waals surface area contributed by atoms with E-state index in [1.807, 2.05) is 65.8 Å². The van der Waals surface area contributed by atoms with Crippen LogP contribution >= 0.6 is 11.3 Å². The zero-order valence-corrected chi connectivity index (χ0v) is 20.2. The molecule has 0 saturated carbocycles. The van der Waals surface area contributed by atoms with Crippen molar-refractivity contribution in [2.45, 2.75) is 25.8 Å². The van der Waals surface area contributed by atoms with Crippen LogP contribution in [0.25, 0.3) is 20.9 Å². The molecule has 0 spiro atoms. The molecule has 6 rings (SSSR count). The minimum atomic E-state index is -0.178. The highest BCUT2D eigenvalue weighted by molar-refractivity contribution is 7.21. The van der Waals surface area contributed by atoms with Gasteiger partial charge in [-0.2, -0.15) is 5.10 Å². The molecule has 1 saturated heterocycles. The molecule has 1 amide bonds. The maximum atomic E-state index is 13.1. The number of amides is 1. The van der Waals surface area contributed by atoms with E-state index < -0.39 is 0 Å². The number of hydrazone groups is 1. The molecule has 1 N–H and O–H groups in total. The van der Waals surface area contributed by atoms with E-state index in [4.69, 9.17) is 4.98 Å². The lowest BCUT2D eigenvalue weighted by atomic mass is 10.1. The van der Waals surface area contributed by atoms with E-state index in [1.165, 1.54) is 18.4 Å². The SMILES string of the molecule is O=C(Nc1ccccc1-c1nc2cc(CN3CCCC3)cnc2s1)C1=NN(c2ccccc2)CC1. The van der Waals surface area contributed by atoms with Gasteiger partial charge in [-0.05, 0) is 61.8 Å². The highest BCUT2D eigenvalue weighted by Gasteiger charge is 2.23. The number of carbonyl (C=O) groups excluding carboxylic acids is 1. The third-order valence-electron chi connectivity index (χ3n) is 6.43. The van der Waals surface area contributed by atoms with Gasteiger partial charge in [-0.15, -0.1) is 0 Å². The average molecular weight is 483 g/mol. The number of hydrogen-bond donors (Lipinski definition) is 1. The summed E-state index contributed by atoms with van der Waals surface area (Å²) in [7, 11) is 0. The van der Waals surface area contributed by atoms with E-state index in [1.54, 1.807) is 11.3 Å². The molecule has 4 heterocycles. The summed E-state index contributed by atoms with van der Waals surface area (Å²) < 4.78 is 0. The van der Waals surface area contributed by atoms with Crippen molar-refractivity contribution in [3.63, 3.8) is 0 Å². The molecule has 2 aliphatic rings. The van der Waals surface area contributed by atoms with Gasteiger partial charge in [0, 0.05) is 31.3 Å². The Morgan fingerprint density at radius 2 is 1.80 bits per heavy atom. The fraction of sp³-hybridized carbons (Fsp3) is 0.259. The largest absolute Gasteiger partial charge is 0.320 e. The van der Waals surface area contributed by atoms with Crippen molar-refractivity contribution in [2.75, 3.05) is 30.0 Å². The lowest BCUT2D eigenvalue weighted by Gasteiger charge is -2.13. The molecule has 2 aromatic heterocycles. The minimum Gasteiger partial charge on any atom is -0.320 e. The molecule has 7 nitrogen and oxygen atoms in total. The Balaban J connectivity index is 1.22. The summed E-state index contributed by atoms with van der Waals surface area (Å²) >= 11 is 1.55. The fourth-order valence-electron chi connectivity index (χ4n) is 4.64. The van der Waals surface area contributed by atoms with Crippen molar-refractivity contribution in [1.82, 2.24) is 14.9 Å². The van der Waals surface area contributed by atoms with E-state index >= 15 is 0 Å². The van der Waals surface area contributed by atoms with Crippen LogP contribution in [-0.4, -0.2) is 46.1 Å². The Hall–Kier alpha value is -3.62. The summed E-state index contributed by atoms with van der Waals surface area (Å²) in [5.74, 6) is -0.178. The van der Waals surface area contributed by atoms with Crippen molar-refractivity contribution in [2.24, 2.45) is 5.10 Å². The topological polar surface area (TPSA) is 73.7 Å². The third kappa shape index (κ3) is 4.67. The van der Waals surface area contributed by atoms with E-state index in [-0.39, 0.29) is 5.91 Å². The molecule has 2 aromatic carbocycles. The predicted molar refractivity (Wildman–Crippen MR) is 142 cm³/mol. The minimum absolute atomic E-state index is 0.178. The average Bonchev–Trinajstić information content (AvgIpc) is 3.66. The molecule has 0 atom stereocenters. The summed E-state index contributed by atoms with van der Waals surface area (Å²) in [6.07, 6.45) is 5.12. The fourth-order valence-corrected chi connectivity index (χ4v) is 5.57. The van der Waals surface area contributed by atoms with E-state index in [9.17, 15) is 4.79 Å². The summed E-state index contributed by atoms with van der Waals surface area (Å²) in [6, 6.07) is 19.9. The molecule has 35 heavy (non-hydrogen) atoms. The molecule has 2 aliphatic heterocycles. The molecular weight excluding hydrogens is 456 g/mol. The first-order chi connectivity index (χ1) is 17.2. The van der Waals surface area contributed by atoms with Gasteiger partial charge >= 0.3 is 0 Å². The smallest absolute Gasteiger partial charge is 0.271 e. The van der Waals surface area contributed by atoms with Gasteiger partial charge in [0.15, 0.2) is 0 Å². The van der Waals surface area contributed by atoms with Crippen LogP contribution in [-0.2, 0) is 11.3 Å². The number of carbonyl (C=O) groups is 1. The molecule has 4 aromatic rings. The summed E-state index contributed by atoms with van der Waals surface area (Å²) in [5.41, 5.74) is 5.24. The second-order valence-corrected chi connectivity index (χ2v) is 9.90. The Morgan fingerprint density at radius 1 is 1.00 bits per heavy atom. The number of benzene rings is 2. The van der Waals surface area contributed by atoms with Crippen LogP contribution < -0.4 is 10.3 Å². The number of likely N-dealkylation sites (tertiary alicyclic amines) is 1. The molecule has 176 valence electrons. The van der Waals surface area contributed by atoms with Crippen LogP contribution in [0.3, 0.4) is 0 Å². The molecule has 1 fully saturated rings. The van der Waals surface area contributed by atoms with Gasteiger partial charge in [0.1, 0.15) is 21.1 Å². The van der Waals surface area contributed by atoms with E-state index in [0.29, 0.717) is 18.7 Å². The Bertz CT molecular complexity index is 1390. The van der Waals surface area contributed by atoms with E-state index in [2.05, 4.69) is 26.4 Å². The number of aromatic nitrogens is 2. The number of pyridine rings is 1. The second kappa shape index (κ2) is 9.56. The van der Waals surface area contributed by atoms with Crippen molar-refractivity contribution in [1.29, 1.82) is 0 Å². The first-order valence-electron chi connectivity index (χ1n) is 12.0. The second-order valence-electron chi connectivity index (χ2n) is 8.93. The van der Waals surface area contributed by atoms with Crippen molar-refractivity contribution < 1.29 is 4.79 Å². The predicted octanol–water partition coefficient (Wildman–Crippen LogP) is 5.16. The molecule has 0 aliphatic carbocycles. The number of fused-ring (bicyclic) bond motifs is 1. The maximum absolute atomic E-state index is 13.1. The highest BCUT2D eigenvalue weighted by Crippen LogP contribution is 2.34. The summed E-state index contributed by atoms with van der Waals surface area (Å²) in [6.45, 7) is 3.92. The zero-order valence-electron chi connectivity index (χ0n) is 19.4. The number of hydrogen-bond acceptors (Lipinski definition) is 7. The van der Waals surface area contributed by atoms with Crippen LogP contribution in [0.4, 0.5) is 11.4 Å². The van der Waals surface area contributed by atoms with Crippen molar-refractivity contribution in [3.8, 4) is 10.6 Å². The lowest BCUT2D eigenvalue weighted by molar-refractivity contribution is -0.110. The van der Waals surface area contributed by atoms with Gasteiger partial charge in [0.25, 0.3) is 5.91 Å². The Morgan fingerprint density at radius 3 is 2.66 bits per heavy atom. The lowest BCUT2D eigenvalue weighted by Crippen LogP contribution is -2.21. The highest BCUT2D eigenvalue weighted by atomic mass is 32.1. The van der Waals surface area contributed by atoms with Crippen molar-refractivity contribution >= 4 is 44.7 Å². The van der Waals surface area contributed by atoms with Crippen LogP contribution in [0.1, 0.15) is 24.8 Å². The first kappa shape index (κ1) is 21.9. The third-order valence-corrected chi connectivity index (χ3v) is 7.45. The number of para-hydroxylation sites is 2. The number of nitrogens with zero attached hydrogens (tertiary/aromatic N) is 5.